The number of benzene rings is 1. The van der Waals surface area contributed by atoms with Gasteiger partial charge in [-0.05, 0) is 24.3 Å². The number of carbonyl (C=O) groups is 1. The summed E-state index contributed by atoms with van der Waals surface area (Å²) in [6.07, 6.45) is 1.08. The molecule has 8 heteroatoms. The normalized spacial score (nSPS) is 11.1. The van der Waals surface area contributed by atoms with Crippen molar-refractivity contribution in [2.45, 2.75) is 4.90 Å². The van der Waals surface area contributed by atoms with E-state index < -0.39 is 15.8 Å². The minimum absolute atomic E-state index is 0.00227. The third-order valence-corrected chi connectivity index (χ3v) is 3.89. The summed E-state index contributed by atoms with van der Waals surface area (Å²) in [4.78, 5) is 14.8. The summed E-state index contributed by atoms with van der Waals surface area (Å²) in [5.74, 6) is -1.05. The van der Waals surface area contributed by atoms with Gasteiger partial charge in [0.25, 0.3) is 0 Å². The Kier molecular flexibility index (Phi) is 4.15. The first-order valence-corrected chi connectivity index (χ1v) is 7.92. The Morgan fingerprint density at radius 3 is 2.62 bits per heavy atom. The van der Waals surface area contributed by atoms with Crippen molar-refractivity contribution in [1.29, 1.82) is 0 Å². The number of ether oxygens (including phenoxy) is 1. The smallest absolute Gasteiger partial charge is 0.356 e. The van der Waals surface area contributed by atoms with Crippen LogP contribution in [0.15, 0.2) is 41.3 Å². The van der Waals surface area contributed by atoms with Crippen LogP contribution in [0.4, 0.5) is 0 Å². The second kappa shape index (κ2) is 5.71. The van der Waals surface area contributed by atoms with Crippen molar-refractivity contribution < 1.29 is 23.1 Å². The summed E-state index contributed by atoms with van der Waals surface area (Å²) in [5.41, 5.74) is -0.339. The zero-order valence-corrected chi connectivity index (χ0v) is 12.4. The minimum Gasteiger partial charge on any atom is -0.476 e. The van der Waals surface area contributed by atoms with E-state index in [4.69, 9.17) is 21.4 Å². The predicted octanol–water partition coefficient (Wildman–Crippen LogP) is 2.63. The van der Waals surface area contributed by atoms with Gasteiger partial charge in [0.05, 0.1) is 9.92 Å². The van der Waals surface area contributed by atoms with Gasteiger partial charge in [-0.2, -0.15) is 0 Å². The van der Waals surface area contributed by atoms with E-state index in [0.29, 0.717) is 0 Å². The fourth-order valence-corrected chi connectivity index (χ4v) is 2.36. The summed E-state index contributed by atoms with van der Waals surface area (Å²) >= 11 is 5.70. The summed E-state index contributed by atoms with van der Waals surface area (Å²) in [6.45, 7) is 0. The zero-order valence-electron chi connectivity index (χ0n) is 10.8. The molecule has 6 nitrogen and oxygen atoms in total. The van der Waals surface area contributed by atoms with Gasteiger partial charge in [-0.15, -0.1) is 0 Å². The molecule has 2 rings (SSSR count). The van der Waals surface area contributed by atoms with E-state index in [2.05, 4.69) is 4.98 Å². The molecule has 1 N–H and O–H groups in total. The molecule has 0 saturated carbocycles. The number of carboxylic acid groups (broad SMARTS) is 1. The van der Waals surface area contributed by atoms with E-state index in [0.717, 1.165) is 6.26 Å². The molecule has 0 fully saturated rings. The van der Waals surface area contributed by atoms with Crippen molar-refractivity contribution in [1.82, 2.24) is 4.98 Å². The van der Waals surface area contributed by atoms with Crippen LogP contribution in [0.3, 0.4) is 0 Å². The van der Waals surface area contributed by atoms with E-state index in [1.807, 2.05) is 0 Å². The topological polar surface area (TPSA) is 93.6 Å². The molecular formula is C13H10ClNO5S. The van der Waals surface area contributed by atoms with Crippen LogP contribution < -0.4 is 4.74 Å². The number of carboxylic acids is 1. The molecule has 0 amide bonds. The highest BCUT2D eigenvalue weighted by atomic mass is 35.5. The largest absolute Gasteiger partial charge is 0.476 e. The van der Waals surface area contributed by atoms with Gasteiger partial charge < -0.3 is 9.84 Å². The third kappa shape index (κ3) is 3.71. The second-order valence-corrected chi connectivity index (χ2v) is 6.56. The Morgan fingerprint density at radius 1 is 1.29 bits per heavy atom. The molecular weight excluding hydrogens is 318 g/mol. The number of sulfone groups is 1. The highest BCUT2D eigenvalue weighted by Gasteiger charge is 2.13. The molecule has 1 aromatic carbocycles. The molecule has 110 valence electrons. The molecule has 0 atom stereocenters. The highest BCUT2D eigenvalue weighted by Crippen LogP contribution is 2.25. The van der Waals surface area contributed by atoms with Gasteiger partial charge in [-0.25, -0.2) is 18.2 Å². The fourth-order valence-electron chi connectivity index (χ4n) is 1.52. The van der Waals surface area contributed by atoms with Gasteiger partial charge >= 0.3 is 5.97 Å². The lowest BCUT2D eigenvalue weighted by molar-refractivity contribution is 0.0690. The average molecular weight is 328 g/mol. The van der Waals surface area contributed by atoms with Crippen LogP contribution in [-0.4, -0.2) is 30.7 Å². The minimum atomic E-state index is -3.36. The van der Waals surface area contributed by atoms with Crippen molar-refractivity contribution in [3.8, 4) is 11.6 Å². The van der Waals surface area contributed by atoms with Crippen LogP contribution in [-0.2, 0) is 9.84 Å². The maximum Gasteiger partial charge on any atom is 0.356 e. The van der Waals surface area contributed by atoms with Gasteiger partial charge in [0.1, 0.15) is 5.75 Å². The van der Waals surface area contributed by atoms with Gasteiger partial charge in [-0.3, -0.25) is 0 Å². The first-order valence-electron chi connectivity index (χ1n) is 5.65. The molecule has 1 heterocycles. The molecule has 0 bridgehead atoms. The van der Waals surface area contributed by atoms with Crippen LogP contribution in [0.2, 0.25) is 5.02 Å². The van der Waals surface area contributed by atoms with Crippen molar-refractivity contribution in [2.24, 2.45) is 0 Å². The number of halogens is 1. The molecule has 2 aromatic rings. The second-order valence-electron chi connectivity index (χ2n) is 4.13. The maximum atomic E-state index is 11.5. The summed E-state index contributed by atoms with van der Waals surface area (Å²) in [6, 6.07) is 8.53. The molecule has 0 unspecified atom stereocenters. The number of aromatic nitrogens is 1. The Hall–Kier alpha value is -2.12. The molecule has 21 heavy (non-hydrogen) atoms. The molecule has 0 aliphatic carbocycles. The van der Waals surface area contributed by atoms with Crippen molar-refractivity contribution in [2.75, 3.05) is 6.26 Å². The average Bonchev–Trinajstić information content (AvgIpc) is 2.40. The van der Waals surface area contributed by atoms with E-state index in [-0.39, 0.29) is 27.2 Å². The molecule has 0 aliphatic heterocycles. The van der Waals surface area contributed by atoms with Crippen LogP contribution in [0.1, 0.15) is 10.5 Å². The van der Waals surface area contributed by atoms with E-state index in [1.54, 1.807) is 0 Å². The molecule has 1 aromatic heterocycles. The number of rotatable bonds is 4. The zero-order chi connectivity index (χ0) is 15.6. The van der Waals surface area contributed by atoms with E-state index in [9.17, 15) is 13.2 Å². The quantitative estimate of drug-likeness (QED) is 0.927. The molecule has 0 aliphatic rings. The van der Waals surface area contributed by atoms with Gasteiger partial charge in [0.15, 0.2) is 15.5 Å². The number of pyridine rings is 1. The summed E-state index contributed by atoms with van der Waals surface area (Å²) < 4.78 is 28.3. The third-order valence-electron chi connectivity index (χ3n) is 2.48. The van der Waals surface area contributed by atoms with E-state index in [1.165, 1.54) is 36.4 Å². The lowest BCUT2D eigenvalue weighted by Crippen LogP contribution is -2.02. The number of hydrogen-bond acceptors (Lipinski definition) is 5. The lowest BCUT2D eigenvalue weighted by Gasteiger charge is -2.07. The number of hydrogen-bond donors (Lipinski definition) is 1. The molecule has 0 saturated heterocycles. The number of nitrogens with zero attached hydrogens (tertiary/aromatic N) is 1. The van der Waals surface area contributed by atoms with Crippen LogP contribution in [0.25, 0.3) is 0 Å². The van der Waals surface area contributed by atoms with Crippen molar-refractivity contribution in [3.63, 3.8) is 0 Å². The van der Waals surface area contributed by atoms with Crippen LogP contribution in [0.5, 0.6) is 11.6 Å². The maximum absolute atomic E-state index is 11.5. The monoisotopic (exact) mass is 327 g/mol. The Morgan fingerprint density at radius 2 is 2.00 bits per heavy atom. The molecule has 0 radical (unpaired) electrons. The lowest BCUT2D eigenvalue weighted by atomic mass is 10.3. The highest BCUT2D eigenvalue weighted by molar-refractivity contribution is 7.90. The van der Waals surface area contributed by atoms with Gasteiger partial charge in [-0.1, -0.05) is 17.7 Å². The first-order chi connectivity index (χ1) is 9.77. The molecule has 0 spiro atoms. The Bertz CT molecular complexity index is 804. The Labute approximate surface area is 125 Å². The van der Waals surface area contributed by atoms with Crippen molar-refractivity contribution in [3.05, 3.63) is 47.1 Å². The first kappa shape index (κ1) is 15.3. The van der Waals surface area contributed by atoms with Gasteiger partial charge in [0, 0.05) is 12.3 Å². The standard InChI is InChI=1S/C13H10ClNO5S/c1-21(18,19)9-4-2-3-8(7-9)20-11-6-5-10(14)12(15-11)13(16)17/h2-7H,1H3,(H,16,17). The van der Waals surface area contributed by atoms with E-state index >= 15 is 0 Å². The summed E-state index contributed by atoms with van der Waals surface area (Å²) in [5, 5.41) is 8.91. The van der Waals surface area contributed by atoms with Crippen LogP contribution in [0, 0.1) is 0 Å². The predicted molar refractivity (Wildman–Crippen MR) is 75.8 cm³/mol. The van der Waals surface area contributed by atoms with Crippen LogP contribution >= 0.6 is 11.6 Å². The SMILES string of the molecule is CS(=O)(=O)c1cccc(Oc2ccc(Cl)c(C(=O)O)n2)c1. The van der Waals surface area contributed by atoms with Crippen molar-refractivity contribution >= 4 is 27.4 Å². The number of aromatic carboxylic acids is 1. The van der Waals surface area contributed by atoms with Gasteiger partial charge in [0.2, 0.25) is 5.88 Å². The Balaban J connectivity index is 2.35. The fraction of sp³-hybridized carbons (Fsp3) is 0.0769. The summed E-state index contributed by atoms with van der Waals surface area (Å²) in [7, 11) is -3.36.